The first-order valence-corrected chi connectivity index (χ1v) is 12.7. The molecule has 0 saturated carbocycles. The van der Waals surface area contributed by atoms with Crippen molar-refractivity contribution in [2.75, 3.05) is 31.6 Å². The van der Waals surface area contributed by atoms with Gasteiger partial charge >= 0.3 is 0 Å². The third kappa shape index (κ3) is 6.20. The van der Waals surface area contributed by atoms with Gasteiger partial charge in [0.05, 0.1) is 17.1 Å². The predicted octanol–water partition coefficient (Wildman–Crippen LogP) is 3.87. The number of aromatic hydroxyl groups is 1. The van der Waals surface area contributed by atoms with Crippen LogP contribution in [0.4, 0.5) is 5.95 Å². The third-order valence-corrected chi connectivity index (χ3v) is 6.73. The summed E-state index contributed by atoms with van der Waals surface area (Å²) in [4.78, 5) is 45.5. The Balaban J connectivity index is 0.000000572. The minimum Gasteiger partial charge on any atom is -0.506 e. The van der Waals surface area contributed by atoms with Crippen molar-refractivity contribution in [3.05, 3.63) is 64.1 Å². The van der Waals surface area contributed by atoms with E-state index in [1.165, 1.54) is 43.3 Å². The Hall–Kier alpha value is -3.63. The van der Waals surface area contributed by atoms with Crippen molar-refractivity contribution in [2.24, 2.45) is 0 Å². The number of anilines is 1. The van der Waals surface area contributed by atoms with Gasteiger partial charge in [-0.2, -0.15) is 0 Å². The Bertz CT molecular complexity index is 1340. The van der Waals surface area contributed by atoms with Crippen molar-refractivity contribution in [3.63, 3.8) is 0 Å². The molecule has 11 heteroatoms. The Kier molecular flexibility index (Phi) is 8.62. The number of nitrogens with one attached hydrogen (secondary N) is 2. The molecule has 0 spiro atoms. The summed E-state index contributed by atoms with van der Waals surface area (Å²) in [5.74, 6) is -0.582. The molecule has 2 aliphatic heterocycles. The minimum atomic E-state index is -0.513. The molecular formula is C26H30ClN5O5. The van der Waals surface area contributed by atoms with Gasteiger partial charge in [-0.15, -0.1) is 0 Å². The molecule has 1 atom stereocenters. The number of carbonyl (C=O) groups is 2. The number of fused-ring (bicyclic) bond motifs is 1. The van der Waals surface area contributed by atoms with Crippen LogP contribution in [-0.4, -0.2) is 62.7 Å². The summed E-state index contributed by atoms with van der Waals surface area (Å²) in [6.07, 6.45) is 7.62. The molecule has 0 aliphatic carbocycles. The highest BCUT2D eigenvalue weighted by atomic mass is 35.5. The first kappa shape index (κ1) is 26.4. The van der Waals surface area contributed by atoms with E-state index in [0.29, 0.717) is 30.5 Å². The molecular weight excluding hydrogens is 498 g/mol. The molecule has 3 N–H and O–H groups in total. The van der Waals surface area contributed by atoms with Crippen LogP contribution in [0.2, 0.25) is 5.02 Å². The van der Waals surface area contributed by atoms with Crippen molar-refractivity contribution in [1.29, 1.82) is 0 Å². The Morgan fingerprint density at radius 3 is 2.68 bits per heavy atom. The van der Waals surface area contributed by atoms with Crippen LogP contribution in [0.3, 0.4) is 0 Å². The highest BCUT2D eigenvalue weighted by Gasteiger charge is 2.28. The molecule has 196 valence electrons. The van der Waals surface area contributed by atoms with Crippen LogP contribution in [0.1, 0.15) is 48.5 Å². The highest BCUT2D eigenvalue weighted by Crippen LogP contribution is 2.37. The number of imidazole rings is 1. The summed E-state index contributed by atoms with van der Waals surface area (Å²) in [6.45, 7) is 6.55. The summed E-state index contributed by atoms with van der Waals surface area (Å²) < 4.78 is 6.71. The summed E-state index contributed by atoms with van der Waals surface area (Å²) in [6, 6.07) is 5.47. The smallest absolute Gasteiger partial charge is 0.258 e. The van der Waals surface area contributed by atoms with Gasteiger partial charge in [-0.1, -0.05) is 18.2 Å². The van der Waals surface area contributed by atoms with Crippen LogP contribution < -0.4 is 10.9 Å². The molecule has 3 aromatic rings. The van der Waals surface area contributed by atoms with Crippen molar-refractivity contribution < 1.29 is 19.4 Å². The summed E-state index contributed by atoms with van der Waals surface area (Å²) in [5.41, 5.74) is 0.720. The number of pyridine rings is 1. The molecule has 10 nitrogen and oxygen atoms in total. The van der Waals surface area contributed by atoms with Crippen LogP contribution in [0, 0.1) is 0 Å². The van der Waals surface area contributed by atoms with E-state index in [4.69, 9.17) is 16.3 Å². The molecule has 2 amide bonds. The lowest BCUT2D eigenvalue weighted by atomic mass is 10.1. The van der Waals surface area contributed by atoms with Gasteiger partial charge in [-0.05, 0) is 56.4 Å². The molecule has 1 unspecified atom stereocenters. The maximum atomic E-state index is 12.8. The summed E-state index contributed by atoms with van der Waals surface area (Å²) in [7, 11) is 0. The number of aromatic amines is 1. The largest absolute Gasteiger partial charge is 0.506 e. The Morgan fingerprint density at radius 1 is 1.22 bits per heavy atom. The number of phenols is 1. The zero-order valence-corrected chi connectivity index (χ0v) is 21.2. The van der Waals surface area contributed by atoms with Crippen LogP contribution in [0.5, 0.6) is 5.75 Å². The number of H-pyrrole nitrogens is 1. The zero-order chi connectivity index (χ0) is 26.4. The molecule has 2 aromatic heterocycles. The summed E-state index contributed by atoms with van der Waals surface area (Å²) >= 11 is 6.44. The number of carbonyl (C=O) groups excluding carboxylic acids is 2. The first-order chi connectivity index (χ1) is 17.9. The van der Waals surface area contributed by atoms with E-state index in [-0.39, 0.29) is 34.2 Å². The number of benzene rings is 1. The van der Waals surface area contributed by atoms with E-state index in [0.717, 1.165) is 26.1 Å². The van der Waals surface area contributed by atoms with Crippen LogP contribution in [0.15, 0.2) is 47.9 Å². The normalized spacial score (nSPS) is 17.5. The number of nitrogens with zero attached hydrogens (tertiary/aromatic N) is 3. The molecule has 4 heterocycles. The van der Waals surface area contributed by atoms with Crippen molar-refractivity contribution in [1.82, 2.24) is 19.4 Å². The number of ether oxygens (including phenoxy) is 1. The number of amides is 2. The number of rotatable bonds is 4. The van der Waals surface area contributed by atoms with Crippen LogP contribution in [-0.2, 0) is 9.53 Å². The molecule has 1 aromatic carbocycles. The maximum absolute atomic E-state index is 12.8. The number of phenolic OH excluding ortho intramolecular Hbond substituents is 1. The van der Waals surface area contributed by atoms with Gasteiger partial charge in [0.2, 0.25) is 17.4 Å². The Labute approximate surface area is 218 Å². The van der Waals surface area contributed by atoms with Gasteiger partial charge in [0, 0.05) is 44.1 Å². The molecule has 5 rings (SSSR count). The highest BCUT2D eigenvalue weighted by molar-refractivity contribution is 6.36. The number of aromatic nitrogens is 3. The number of halogens is 1. The standard InChI is InChI=1S/C22H22ClN5O4.C4H8O/c1-2-18(31)27-10-4-3-5-14(12-27)28-20-15(6-7-16(29)19(20)23)25-22(28)26-21(32)13-8-9-24-17(30)11-13;1-2-4-5-3-1/h2,6-9,11,14,29H,1,3-5,10,12H2,(H,24,30)(H,25,26,32);1-4H2. The van der Waals surface area contributed by atoms with Gasteiger partial charge in [0.25, 0.3) is 5.91 Å². The van der Waals surface area contributed by atoms with Gasteiger partial charge < -0.3 is 24.3 Å². The van der Waals surface area contributed by atoms with E-state index in [1.54, 1.807) is 15.5 Å². The fourth-order valence-electron chi connectivity index (χ4n) is 4.51. The fraction of sp³-hybridized carbons (Fsp3) is 0.385. The second-order valence-electron chi connectivity index (χ2n) is 8.93. The summed E-state index contributed by atoms with van der Waals surface area (Å²) in [5, 5.41) is 13.1. The quantitative estimate of drug-likeness (QED) is 0.442. The second kappa shape index (κ2) is 12.1. The van der Waals surface area contributed by atoms with E-state index in [9.17, 15) is 19.5 Å². The number of hydrogen-bond donors (Lipinski definition) is 3. The molecule has 2 fully saturated rings. The van der Waals surface area contributed by atoms with Crippen molar-refractivity contribution in [3.8, 4) is 5.75 Å². The predicted molar refractivity (Wildman–Crippen MR) is 141 cm³/mol. The van der Waals surface area contributed by atoms with E-state index in [2.05, 4.69) is 21.9 Å². The monoisotopic (exact) mass is 527 g/mol. The second-order valence-corrected chi connectivity index (χ2v) is 9.30. The van der Waals surface area contributed by atoms with Gasteiger partial charge in [0.15, 0.2) is 0 Å². The minimum absolute atomic E-state index is 0.109. The van der Waals surface area contributed by atoms with E-state index >= 15 is 0 Å². The zero-order valence-electron chi connectivity index (χ0n) is 20.4. The lowest BCUT2D eigenvalue weighted by Gasteiger charge is -2.26. The SMILES string of the molecule is C1CCOC1.C=CC(=O)N1CCCCC(n2c(NC(=O)c3cc[nH]c(=O)c3)nc3ccc(O)c(Cl)c32)C1. The molecule has 2 aliphatic rings. The lowest BCUT2D eigenvalue weighted by molar-refractivity contribution is -0.126. The van der Waals surface area contributed by atoms with Gasteiger partial charge in [0.1, 0.15) is 10.8 Å². The fourth-order valence-corrected chi connectivity index (χ4v) is 4.76. The lowest BCUT2D eigenvalue weighted by Crippen LogP contribution is -2.34. The number of hydrogen-bond acceptors (Lipinski definition) is 6. The molecule has 0 bridgehead atoms. The Morgan fingerprint density at radius 2 is 2.00 bits per heavy atom. The van der Waals surface area contributed by atoms with Crippen LogP contribution >= 0.6 is 11.6 Å². The first-order valence-electron chi connectivity index (χ1n) is 12.3. The van der Waals surface area contributed by atoms with Gasteiger partial charge in [-0.25, -0.2) is 4.98 Å². The average Bonchev–Trinajstić information content (AvgIpc) is 3.53. The van der Waals surface area contributed by atoms with Crippen molar-refractivity contribution >= 4 is 40.4 Å². The topological polar surface area (TPSA) is 130 Å². The van der Waals surface area contributed by atoms with E-state index < -0.39 is 11.5 Å². The molecule has 0 radical (unpaired) electrons. The third-order valence-electron chi connectivity index (χ3n) is 6.36. The average molecular weight is 528 g/mol. The maximum Gasteiger partial charge on any atom is 0.258 e. The van der Waals surface area contributed by atoms with Crippen molar-refractivity contribution in [2.45, 2.75) is 38.1 Å². The van der Waals surface area contributed by atoms with E-state index in [1.807, 2.05) is 0 Å². The van der Waals surface area contributed by atoms with Crippen LogP contribution in [0.25, 0.3) is 11.0 Å². The molecule has 37 heavy (non-hydrogen) atoms. The molecule has 2 saturated heterocycles. The number of likely N-dealkylation sites (tertiary alicyclic amines) is 1. The van der Waals surface area contributed by atoms with Gasteiger partial charge in [-0.3, -0.25) is 19.7 Å².